The number of rotatable bonds is 2. The molecule has 2 heteroatoms. The summed E-state index contributed by atoms with van der Waals surface area (Å²) in [5.74, 6) is 2.49. The van der Waals surface area contributed by atoms with E-state index in [4.69, 9.17) is 6.42 Å². The van der Waals surface area contributed by atoms with Crippen LogP contribution in [-0.4, -0.2) is 11.3 Å². The highest BCUT2D eigenvalue weighted by Crippen LogP contribution is 2.00. The van der Waals surface area contributed by atoms with E-state index < -0.39 is 0 Å². The van der Waals surface area contributed by atoms with Gasteiger partial charge in [-0.3, -0.25) is 4.79 Å². The van der Waals surface area contributed by atoms with Crippen LogP contribution >= 0.6 is 0 Å². The first-order valence-electron chi connectivity index (χ1n) is 2.92. The summed E-state index contributed by atoms with van der Waals surface area (Å²) in [6.45, 7) is 0. The standard InChI is InChI=1S/C8H7NO/c1-2-3-7-4-8(6-10)9-5-7/h1,4-6,9H,3H2. The van der Waals surface area contributed by atoms with E-state index >= 15 is 0 Å². The smallest absolute Gasteiger partial charge is 0.166 e. The van der Waals surface area contributed by atoms with Crippen LogP contribution in [0.25, 0.3) is 0 Å². The summed E-state index contributed by atoms with van der Waals surface area (Å²) in [5.41, 5.74) is 1.55. The highest BCUT2D eigenvalue weighted by molar-refractivity contribution is 5.72. The van der Waals surface area contributed by atoms with Gasteiger partial charge in [-0.15, -0.1) is 12.3 Å². The zero-order valence-electron chi connectivity index (χ0n) is 5.42. The van der Waals surface area contributed by atoms with Crippen molar-refractivity contribution in [3.05, 3.63) is 23.5 Å². The normalized spacial score (nSPS) is 8.70. The number of nitrogens with one attached hydrogen (secondary N) is 1. The molecule has 0 saturated heterocycles. The minimum Gasteiger partial charge on any atom is -0.359 e. The van der Waals surface area contributed by atoms with Gasteiger partial charge in [-0.25, -0.2) is 0 Å². The number of H-pyrrole nitrogens is 1. The molecular weight excluding hydrogens is 126 g/mol. The number of aromatic nitrogens is 1. The van der Waals surface area contributed by atoms with Crippen LogP contribution in [-0.2, 0) is 6.42 Å². The van der Waals surface area contributed by atoms with Crippen molar-refractivity contribution < 1.29 is 4.79 Å². The van der Waals surface area contributed by atoms with Crippen molar-refractivity contribution in [2.45, 2.75) is 6.42 Å². The largest absolute Gasteiger partial charge is 0.359 e. The van der Waals surface area contributed by atoms with E-state index in [1.54, 1.807) is 12.3 Å². The second-order valence-corrected chi connectivity index (χ2v) is 1.96. The fourth-order valence-electron chi connectivity index (χ4n) is 0.747. The Hall–Kier alpha value is -1.49. The van der Waals surface area contributed by atoms with Crippen LogP contribution in [0.5, 0.6) is 0 Å². The number of carbonyl (C=O) groups is 1. The van der Waals surface area contributed by atoms with E-state index in [0.29, 0.717) is 12.1 Å². The third-order valence-electron chi connectivity index (χ3n) is 1.20. The van der Waals surface area contributed by atoms with Crippen molar-refractivity contribution >= 4 is 6.29 Å². The molecule has 10 heavy (non-hydrogen) atoms. The molecule has 0 aliphatic rings. The number of terminal acetylenes is 1. The number of carbonyl (C=O) groups excluding carboxylic acids is 1. The van der Waals surface area contributed by atoms with Crippen LogP contribution in [0, 0.1) is 12.3 Å². The SMILES string of the molecule is C#CCc1c[nH]c(C=O)c1. The van der Waals surface area contributed by atoms with Crippen LogP contribution < -0.4 is 0 Å². The van der Waals surface area contributed by atoms with E-state index in [0.717, 1.165) is 11.8 Å². The van der Waals surface area contributed by atoms with Crippen molar-refractivity contribution in [2.24, 2.45) is 0 Å². The van der Waals surface area contributed by atoms with Gasteiger partial charge in [0, 0.05) is 12.6 Å². The Bertz CT molecular complexity index is 267. The Morgan fingerprint density at radius 3 is 3.10 bits per heavy atom. The molecule has 0 bridgehead atoms. The maximum absolute atomic E-state index is 10.1. The number of hydrogen-bond acceptors (Lipinski definition) is 1. The molecule has 1 aromatic heterocycles. The topological polar surface area (TPSA) is 32.9 Å². The van der Waals surface area contributed by atoms with Gasteiger partial charge in [0.15, 0.2) is 6.29 Å². The van der Waals surface area contributed by atoms with Gasteiger partial charge in [0.25, 0.3) is 0 Å². The second-order valence-electron chi connectivity index (χ2n) is 1.96. The molecule has 0 aliphatic heterocycles. The van der Waals surface area contributed by atoms with Gasteiger partial charge in [-0.2, -0.15) is 0 Å². The monoisotopic (exact) mass is 133 g/mol. The number of aromatic amines is 1. The predicted octanol–water partition coefficient (Wildman–Crippen LogP) is 1.00. The summed E-state index contributed by atoms with van der Waals surface area (Å²) in [5, 5.41) is 0. The lowest BCUT2D eigenvalue weighted by Crippen LogP contribution is -1.74. The van der Waals surface area contributed by atoms with Crippen LogP contribution in [0.4, 0.5) is 0 Å². The Morgan fingerprint density at radius 1 is 1.80 bits per heavy atom. The summed E-state index contributed by atoms with van der Waals surface area (Å²) >= 11 is 0. The lowest BCUT2D eigenvalue weighted by atomic mass is 10.2. The molecule has 0 amide bonds. The molecule has 0 unspecified atom stereocenters. The Morgan fingerprint density at radius 2 is 2.60 bits per heavy atom. The van der Waals surface area contributed by atoms with Crippen LogP contribution in [0.2, 0.25) is 0 Å². The Labute approximate surface area is 59.3 Å². The highest BCUT2D eigenvalue weighted by atomic mass is 16.1. The molecule has 0 aliphatic carbocycles. The van der Waals surface area contributed by atoms with Crippen LogP contribution in [0.3, 0.4) is 0 Å². The average Bonchev–Trinajstić information content (AvgIpc) is 2.37. The third kappa shape index (κ3) is 1.26. The minimum absolute atomic E-state index is 0.574. The van der Waals surface area contributed by atoms with Gasteiger partial charge in [0.1, 0.15) is 0 Å². The van der Waals surface area contributed by atoms with E-state index in [2.05, 4.69) is 10.9 Å². The lowest BCUT2D eigenvalue weighted by molar-refractivity contribution is 0.111. The molecule has 0 spiro atoms. The van der Waals surface area contributed by atoms with E-state index in [-0.39, 0.29) is 0 Å². The van der Waals surface area contributed by atoms with E-state index in [9.17, 15) is 4.79 Å². The Balaban J connectivity index is 2.80. The van der Waals surface area contributed by atoms with Crippen molar-refractivity contribution in [1.29, 1.82) is 0 Å². The lowest BCUT2D eigenvalue weighted by Gasteiger charge is -1.79. The second kappa shape index (κ2) is 2.88. The van der Waals surface area contributed by atoms with Crippen molar-refractivity contribution in [3.8, 4) is 12.3 Å². The van der Waals surface area contributed by atoms with E-state index in [1.165, 1.54) is 0 Å². The summed E-state index contributed by atoms with van der Waals surface area (Å²) in [6.07, 6.45) is 8.14. The first kappa shape index (κ1) is 6.63. The first-order chi connectivity index (χ1) is 4.86. The molecule has 1 rings (SSSR count). The summed E-state index contributed by atoms with van der Waals surface area (Å²) < 4.78 is 0. The quantitative estimate of drug-likeness (QED) is 0.474. The molecule has 1 N–H and O–H groups in total. The van der Waals surface area contributed by atoms with E-state index in [1.807, 2.05) is 0 Å². The van der Waals surface area contributed by atoms with Gasteiger partial charge < -0.3 is 4.98 Å². The zero-order valence-corrected chi connectivity index (χ0v) is 5.42. The Kier molecular flexibility index (Phi) is 1.91. The third-order valence-corrected chi connectivity index (χ3v) is 1.20. The first-order valence-corrected chi connectivity index (χ1v) is 2.92. The maximum atomic E-state index is 10.1. The minimum atomic E-state index is 0.574. The molecular formula is C8H7NO. The highest BCUT2D eigenvalue weighted by Gasteiger charge is 1.93. The number of aldehydes is 1. The van der Waals surface area contributed by atoms with Crippen molar-refractivity contribution in [2.75, 3.05) is 0 Å². The zero-order chi connectivity index (χ0) is 7.40. The molecule has 0 atom stereocenters. The maximum Gasteiger partial charge on any atom is 0.166 e. The fourth-order valence-corrected chi connectivity index (χ4v) is 0.747. The van der Waals surface area contributed by atoms with Gasteiger partial charge >= 0.3 is 0 Å². The molecule has 2 nitrogen and oxygen atoms in total. The number of hydrogen-bond donors (Lipinski definition) is 1. The molecule has 1 aromatic rings. The van der Waals surface area contributed by atoms with Crippen LogP contribution in [0.15, 0.2) is 12.3 Å². The fraction of sp³-hybridized carbons (Fsp3) is 0.125. The van der Waals surface area contributed by atoms with Gasteiger partial charge in [0.2, 0.25) is 0 Å². The summed E-state index contributed by atoms with van der Waals surface area (Å²) in [6, 6.07) is 1.74. The van der Waals surface area contributed by atoms with Crippen molar-refractivity contribution in [1.82, 2.24) is 4.98 Å². The molecule has 1 heterocycles. The summed E-state index contributed by atoms with van der Waals surface area (Å²) in [4.78, 5) is 12.9. The molecule has 50 valence electrons. The van der Waals surface area contributed by atoms with Gasteiger partial charge in [-0.05, 0) is 11.6 Å². The van der Waals surface area contributed by atoms with Gasteiger partial charge in [0.05, 0.1) is 5.69 Å². The average molecular weight is 133 g/mol. The molecule has 0 saturated carbocycles. The van der Waals surface area contributed by atoms with Gasteiger partial charge in [-0.1, -0.05) is 0 Å². The molecule has 0 radical (unpaired) electrons. The molecule has 0 fully saturated rings. The summed E-state index contributed by atoms with van der Waals surface area (Å²) in [7, 11) is 0. The predicted molar refractivity (Wildman–Crippen MR) is 38.7 cm³/mol. The van der Waals surface area contributed by atoms with Crippen molar-refractivity contribution in [3.63, 3.8) is 0 Å². The molecule has 0 aromatic carbocycles. The van der Waals surface area contributed by atoms with Crippen LogP contribution in [0.1, 0.15) is 16.1 Å².